The lowest BCUT2D eigenvalue weighted by atomic mass is 9.97. The van der Waals surface area contributed by atoms with Gasteiger partial charge in [-0.1, -0.05) is 18.5 Å². The van der Waals surface area contributed by atoms with Gasteiger partial charge in [-0.05, 0) is 60.2 Å². The molecule has 27 heavy (non-hydrogen) atoms. The van der Waals surface area contributed by atoms with E-state index in [1.807, 2.05) is 42.5 Å². The van der Waals surface area contributed by atoms with Gasteiger partial charge < -0.3 is 14.8 Å². The van der Waals surface area contributed by atoms with Gasteiger partial charge in [-0.2, -0.15) is 4.68 Å². The second kappa shape index (κ2) is 7.84. The summed E-state index contributed by atoms with van der Waals surface area (Å²) in [7, 11) is 3.20. The molecule has 0 saturated heterocycles. The summed E-state index contributed by atoms with van der Waals surface area (Å²) < 4.78 is 12.4. The molecule has 0 amide bonds. The summed E-state index contributed by atoms with van der Waals surface area (Å²) in [6.07, 6.45) is 0.767. The first-order chi connectivity index (χ1) is 13.0. The molecular formula is C19H22ClN5O2. The van der Waals surface area contributed by atoms with Gasteiger partial charge in [0.2, 0.25) is 0 Å². The van der Waals surface area contributed by atoms with Crippen molar-refractivity contribution in [1.29, 1.82) is 0 Å². The fourth-order valence-electron chi connectivity index (χ4n) is 2.82. The number of methoxy groups -OCH3 is 2. The highest BCUT2D eigenvalue weighted by Gasteiger charge is 2.31. The van der Waals surface area contributed by atoms with Crippen molar-refractivity contribution in [1.82, 2.24) is 20.2 Å². The van der Waals surface area contributed by atoms with E-state index in [2.05, 4.69) is 34.7 Å². The van der Waals surface area contributed by atoms with Crippen molar-refractivity contribution in [2.24, 2.45) is 0 Å². The van der Waals surface area contributed by atoms with Gasteiger partial charge in [0.15, 0.2) is 17.3 Å². The van der Waals surface area contributed by atoms with Crippen molar-refractivity contribution in [2.75, 3.05) is 19.5 Å². The van der Waals surface area contributed by atoms with Crippen LogP contribution < -0.4 is 14.8 Å². The molecule has 3 rings (SSSR count). The fourth-order valence-corrected chi connectivity index (χ4v) is 2.94. The highest BCUT2D eigenvalue weighted by molar-refractivity contribution is 6.30. The summed E-state index contributed by atoms with van der Waals surface area (Å²) in [6.45, 7) is 4.14. The van der Waals surface area contributed by atoms with E-state index in [-0.39, 0.29) is 0 Å². The number of benzene rings is 2. The van der Waals surface area contributed by atoms with Crippen LogP contribution in [0.4, 0.5) is 5.69 Å². The van der Waals surface area contributed by atoms with Gasteiger partial charge in [0.25, 0.3) is 0 Å². The van der Waals surface area contributed by atoms with Crippen molar-refractivity contribution >= 4 is 17.3 Å². The third-order valence-corrected chi connectivity index (χ3v) is 4.80. The molecule has 7 nitrogen and oxygen atoms in total. The smallest absolute Gasteiger partial charge is 0.181 e. The standard InChI is InChI=1S/C19H22ClN5O2/c1-5-19(2,21-14-8-6-13(20)7-9-14)18-22-23-24-25(18)15-10-11-16(26-3)17(12-15)27-4/h6-12,21H,5H2,1-4H3. The number of hydrogen-bond acceptors (Lipinski definition) is 6. The maximum Gasteiger partial charge on any atom is 0.181 e. The van der Waals surface area contributed by atoms with Gasteiger partial charge >= 0.3 is 0 Å². The minimum Gasteiger partial charge on any atom is -0.493 e. The highest BCUT2D eigenvalue weighted by atomic mass is 35.5. The molecule has 0 spiro atoms. The van der Waals surface area contributed by atoms with Crippen molar-refractivity contribution in [3.63, 3.8) is 0 Å². The largest absolute Gasteiger partial charge is 0.493 e. The van der Waals surface area contributed by atoms with Crippen LogP contribution in [0.2, 0.25) is 5.02 Å². The average molecular weight is 388 g/mol. The molecule has 0 fully saturated rings. The van der Waals surface area contributed by atoms with Crippen LogP contribution in [0, 0.1) is 0 Å². The molecule has 0 aliphatic heterocycles. The molecule has 1 aromatic heterocycles. The Hall–Kier alpha value is -2.80. The zero-order valence-electron chi connectivity index (χ0n) is 15.7. The van der Waals surface area contributed by atoms with Crippen LogP contribution in [0.3, 0.4) is 0 Å². The molecule has 1 N–H and O–H groups in total. The Labute approximate surface area is 163 Å². The van der Waals surface area contributed by atoms with Gasteiger partial charge in [-0.3, -0.25) is 0 Å². The van der Waals surface area contributed by atoms with Crippen LogP contribution in [0.5, 0.6) is 11.5 Å². The number of ether oxygens (including phenoxy) is 2. The van der Waals surface area contributed by atoms with Gasteiger partial charge in [0, 0.05) is 16.8 Å². The molecule has 2 aromatic carbocycles. The first-order valence-corrected chi connectivity index (χ1v) is 8.93. The minimum atomic E-state index is -0.496. The zero-order valence-corrected chi connectivity index (χ0v) is 16.5. The number of aromatic nitrogens is 4. The van der Waals surface area contributed by atoms with E-state index in [9.17, 15) is 0 Å². The Balaban J connectivity index is 2.00. The average Bonchev–Trinajstić information content (AvgIpc) is 3.19. The van der Waals surface area contributed by atoms with E-state index in [0.29, 0.717) is 22.3 Å². The number of hydrogen-bond donors (Lipinski definition) is 1. The monoisotopic (exact) mass is 387 g/mol. The van der Waals surface area contributed by atoms with Crippen LogP contribution in [0.15, 0.2) is 42.5 Å². The predicted octanol–water partition coefficient (Wildman–Crippen LogP) is 4.07. The summed E-state index contributed by atoms with van der Waals surface area (Å²) in [5.74, 6) is 1.95. The van der Waals surface area contributed by atoms with Gasteiger partial charge in [-0.15, -0.1) is 5.10 Å². The number of rotatable bonds is 7. The quantitative estimate of drug-likeness (QED) is 0.658. The summed E-state index contributed by atoms with van der Waals surface area (Å²) in [4.78, 5) is 0. The van der Waals surface area contributed by atoms with E-state index in [0.717, 1.165) is 17.8 Å². The van der Waals surface area contributed by atoms with E-state index in [4.69, 9.17) is 21.1 Å². The maximum absolute atomic E-state index is 5.99. The molecule has 0 aliphatic rings. The summed E-state index contributed by atoms with van der Waals surface area (Å²) >= 11 is 5.99. The van der Waals surface area contributed by atoms with Crippen molar-refractivity contribution in [2.45, 2.75) is 25.8 Å². The lowest BCUT2D eigenvalue weighted by Gasteiger charge is -2.29. The van der Waals surface area contributed by atoms with Gasteiger partial charge in [0.05, 0.1) is 25.4 Å². The second-order valence-corrected chi connectivity index (χ2v) is 6.71. The predicted molar refractivity (Wildman–Crippen MR) is 105 cm³/mol. The number of nitrogens with one attached hydrogen (secondary N) is 1. The van der Waals surface area contributed by atoms with Crippen molar-refractivity contribution in [3.05, 3.63) is 53.3 Å². The first kappa shape index (κ1) is 19.0. The van der Waals surface area contributed by atoms with Gasteiger partial charge in [0.1, 0.15) is 0 Å². The molecule has 0 radical (unpaired) electrons. The van der Waals surface area contributed by atoms with Crippen LogP contribution in [0.1, 0.15) is 26.1 Å². The molecule has 0 bridgehead atoms. The maximum atomic E-state index is 5.99. The van der Waals surface area contributed by atoms with Crippen molar-refractivity contribution in [3.8, 4) is 17.2 Å². The second-order valence-electron chi connectivity index (χ2n) is 6.27. The van der Waals surface area contributed by atoms with Crippen LogP contribution in [-0.4, -0.2) is 34.4 Å². The van der Waals surface area contributed by atoms with Crippen LogP contribution in [0.25, 0.3) is 5.69 Å². The molecule has 1 atom stereocenters. The number of anilines is 1. The normalized spacial score (nSPS) is 13.1. The number of nitrogens with zero attached hydrogens (tertiary/aromatic N) is 4. The Morgan fingerprint density at radius 2 is 1.78 bits per heavy atom. The molecule has 8 heteroatoms. The van der Waals surface area contributed by atoms with E-state index >= 15 is 0 Å². The Bertz CT molecular complexity index is 913. The molecule has 3 aromatic rings. The lowest BCUT2D eigenvalue weighted by Crippen LogP contribution is -2.34. The number of halogens is 1. The Morgan fingerprint density at radius 3 is 2.41 bits per heavy atom. The van der Waals surface area contributed by atoms with Crippen LogP contribution in [-0.2, 0) is 5.54 Å². The van der Waals surface area contributed by atoms with Crippen LogP contribution >= 0.6 is 11.6 Å². The van der Waals surface area contributed by atoms with E-state index in [1.165, 1.54) is 0 Å². The molecule has 1 heterocycles. The SMILES string of the molecule is CCC(C)(Nc1ccc(Cl)cc1)c1nnnn1-c1ccc(OC)c(OC)c1. The lowest BCUT2D eigenvalue weighted by molar-refractivity contribution is 0.354. The third kappa shape index (κ3) is 3.83. The Kier molecular flexibility index (Phi) is 5.51. The summed E-state index contributed by atoms with van der Waals surface area (Å²) in [5.41, 5.74) is 1.22. The molecule has 1 unspecified atom stereocenters. The minimum absolute atomic E-state index is 0.496. The van der Waals surface area contributed by atoms with Crippen molar-refractivity contribution < 1.29 is 9.47 Å². The summed E-state index contributed by atoms with van der Waals surface area (Å²) in [6, 6.07) is 13.1. The van der Waals surface area contributed by atoms with E-state index in [1.54, 1.807) is 18.9 Å². The highest BCUT2D eigenvalue weighted by Crippen LogP contribution is 2.32. The fraction of sp³-hybridized carbons (Fsp3) is 0.316. The van der Waals surface area contributed by atoms with Gasteiger partial charge in [-0.25, -0.2) is 0 Å². The number of tetrazole rings is 1. The first-order valence-electron chi connectivity index (χ1n) is 8.55. The molecule has 0 aliphatic carbocycles. The van der Waals surface area contributed by atoms with E-state index < -0.39 is 5.54 Å². The Morgan fingerprint density at radius 1 is 1.07 bits per heavy atom. The third-order valence-electron chi connectivity index (χ3n) is 4.55. The molecule has 0 saturated carbocycles. The molecular weight excluding hydrogens is 366 g/mol. The zero-order chi connectivity index (χ0) is 19.4. The summed E-state index contributed by atoms with van der Waals surface area (Å²) in [5, 5.41) is 16.6. The molecule has 142 valence electrons. The topological polar surface area (TPSA) is 74.1 Å².